The summed E-state index contributed by atoms with van der Waals surface area (Å²) < 4.78 is 5.08. The van der Waals surface area contributed by atoms with Gasteiger partial charge in [0.1, 0.15) is 0 Å². The molecule has 0 aliphatic carbocycles. The van der Waals surface area contributed by atoms with E-state index in [0.29, 0.717) is 23.5 Å². The first-order chi connectivity index (χ1) is 13.9. The van der Waals surface area contributed by atoms with Crippen molar-refractivity contribution in [1.29, 1.82) is 0 Å². The van der Waals surface area contributed by atoms with Crippen molar-refractivity contribution >= 4 is 34.8 Å². The maximum Gasteiger partial charge on any atom is 0.338 e. The molecule has 7 heteroatoms. The van der Waals surface area contributed by atoms with E-state index in [4.69, 9.17) is 4.74 Å². The third kappa shape index (κ3) is 7.29. The average Bonchev–Trinajstić information content (AvgIpc) is 2.72. The summed E-state index contributed by atoms with van der Waals surface area (Å²) in [6, 6.07) is 13.7. The highest BCUT2D eigenvalue weighted by atomic mass is 16.5. The molecule has 0 fully saturated rings. The van der Waals surface area contributed by atoms with Gasteiger partial charge in [-0.1, -0.05) is 20.8 Å². The Morgan fingerprint density at radius 2 is 1.41 bits per heavy atom. The number of esters is 1. The van der Waals surface area contributed by atoms with Crippen LogP contribution in [-0.4, -0.2) is 30.9 Å². The lowest BCUT2D eigenvalue weighted by Gasteiger charge is -2.10. The third-order valence-electron chi connectivity index (χ3n) is 3.97. The minimum Gasteiger partial charge on any atom is -0.462 e. The predicted octanol–water partition coefficient (Wildman–Crippen LogP) is 3.90. The fourth-order valence-corrected chi connectivity index (χ4v) is 2.31. The molecule has 0 radical (unpaired) electrons. The molecule has 2 aromatic carbocycles. The number of carbonyl (C=O) groups is 3. The Bertz CT molecular complexity index is 830. The first kappa shape index (κ1) is 21.9. The van der Waals surface area contributed by atoms with Gasteiger partial charge in [0.15, 0.2) is 0 Å². The standard InChI is InChI=1S/C22H27N3O4/c1-4-13-29-22(28)16-5-7-17(8-6-16)23-14-20(26)24-18-9-11-19(12-10-18)25-21(27)15(2)3/h5-12,15,23H,4,13-14H2,1-3H3,(H,24,26)(H,25,27). The van der Waals surface area contributed by atoms with E-state index in [1.165, 1.54) is 0 Å². The van der Waals surface area contributed by atoms with Crippen LogP contribution >= 0.6 is 0 Å². The number of anilines is 3. The Morgan fingerprint density at radius 3 is 1.97 bits per heavy atom. The van der Waals surface area contributed by atoms with Crippen LogP contribution in [0.3, 0.4) is 0 Å². The monoisotopic (exact) mass is 397 g/mol. The Morgan fingerprint density at radius 1 is 0.862 bits per heavy atom. The molecule has 0 saturated carbocycles. The van der Waals surface area contributed by atoms with Crippen LogP contribution in [0.1, 0.15) is 37.6 Å². The summed E-state index contributed by atoms with van der Waals surface area (Å²) >= 11 is 0. The second kappa shape index (κ2) is 10.8. The van der Waals surface area contributed by atoms with Gasteiger partial charge in [0.2, 0.25) is 11.8 Å². The van der Waals surface area contributed by atoms with Crippen LogP contribution < -0.4 is 16.0 Å². The van der Waals surface area contributed by atoms with Crippen LogP contribution in [0, 0.1) is 5.92 Å². The molecular weight excluding hydrogens is 370 g/mol. The number of ether oxygens (including phenoxy) is 1. The predicted molar refractivity (Wildman–Crippen MR) is 114 cm³/mol. The van der Waals surface area contributed by atoms with Gasteiger partial charge in [-0.25, -0.2) is 4.79 Å². The van der Waals surface area contributed by atoms with Crippen molar-refractivity contribution in [3.8, 4) is 0 Å². The number of nitrogens with one attached hydrogen (secondary N) is 3. The highest BCUT2D eigenvalue weighted by molar-refractivity contribution is 5.95. The van der Waals surface area contributed by atoms with Crippen molar-refractivity contribution in [2.75, 3.05) is 29.1 Å². The quantitative estimate of drug-likeness (QED) is 0.558. The zero-order valence-electron chi connectivity index (χ0n) is 17.0. The summed E-state index contributed by atoms with van der Waals surface area (Å²) in [4.78, 5) is 35.6. The summed E-state index contributed by atoms with van der Waals surface area (Å²) in [5.74, 6) is -0.730. The summed E-state index contributed by atoms with van der Waals surface area (Å²) in [6.45, 7) is 6.05. The van der Waals surface area contributed by atoms with Gasteiger partial charge >= 0.3 is 5.97 Å². The fraction of sp³-hybridized carbons (Fsp3) is 0.318. The van der Waals surface area contributed by atoms with Gasteiger partial charge in [-0.2, -0.15) is 0 Å². The minimum absolute atomic E-state index is 0.0596. The number of rotatable bonds is 9. The van der Waals surface area contributed by atoms with Crippen molar-refractivity contribution < 1.29 is 19.1 Å². The maximum absolute atomic E-state index is 12.1. The highest BCUT2D eigenvalue weighted by Gasteiger charge is 2.08. The van der Waals surface area contributed by atoms with E-state index in [9.17, 15) is 14.4 Å². The molecule has 0 bridgehead atoms. The molecular formula is C22H27N3O4. The molecule has 0 atom stereocenters. The van der Waals surface area contributed by atoms with Gasteiger partial charge in [0, 0.05) is 23.0 Å². The molecule has 0 aliphatic heterocycles. The first-order valence-electron chi connectivity index (χ1n) is 9.61. The minimum atomic E-state index is -0.357. The lowest BCUT2D eigenvalue weighted by atomic mass is 10.2. The van der Waals surface area contributed by atoms with Crippen LogP contribution in [0.4, 0.5) is 17.1 Å². The van der Waals surface area contributed by atoms with Gasteiger partial charge in [-0.3, -0.25) is 9.59 Å². The van der Waals surface area contributed by atoms with Crippen molar-refractivity contribution in [1.82, 2.24) is 0 Å². The molecule has 7 nitrogen and oxygen atoms in total. The van der Waals surface area contributed by atoms with Crippen LogP contribution in [0.5, 0.6) is 0 Å². The number of amides is 2. The normalized spacial score (nSPS) is 10.3. The summed E-state index contributed by atoms with van der Waals surface area (Å²) in [5.41, 5.74) is 2.50. The summed E-state index contributed by atoms with van der Waals surface area (Å²) in [7, 11) is 0. The SMILES string of the molecule is CCCOC(=O)c1ccc(NCC(=O)Nc2ccc(NC(=O)C(C)C)cc2)cc1. The van der Waals surface area contributed by atoms with Gasteiger partial charge in [0.05, 0.1) is 18.7 Å². The molecule has 0 heterocycles. The zero-order chi connectivity index (χ0) is 21.2. The summed E-state index contributed by atoms with van der Waals surface area (Å²) in [5, 5.41) is 8.58. The molecule has 2 aromatic rings. The Hall–Kier alpha value is -3.35. The Labute approximate surface area is 170 Å². The van der Waals surface area contributed by atoms with Gasteiger partial charge in [-0.15, -0.1) is 0 Å². The molecule has 2 amide bonds. The van der Waals surface area contributed by atoms with Gasteiger partial charge < -0.3 is 20.7 Å². The fourth-order valence-electron chi connectivity index (χ4n) is 2.31. The third-order valence-corrected chi connectivity index (χ3v) is 3.97. The second-order valence-corrected chi connectivity index (χ2v) is 6.84. The average molecular weight is 397 g/mol. The topological polar surface area (TPSA) is 96.5 Å². The van der Waals surface area contributed by atoms with Gasteiger partial charge in [0.25, 0.3) is 0 Å². The van der Waals surface area contributed by atoms with E-state index in [-0.39, 0.29) is 30.2 Å². The van der Waals surface area contributed by atoms with E-state index in [2.05, 4.69) is 16.0 Å². The first-order valence-corrected chi connectivity index (χ1v) is 9.61. The molecule has 0 unspecified atom stereocenters. The van der Waals surface area contributed by atoms with Crippen molar-refractivity contribution in [2.45, 2.75) is 27.2 Å². The number of hydrogen-bond donors (Lipinski definition) is 3. The lowest BCUT2D eigenvalue weighted by molar-refractivity contribution is -0.119. The molecule has 3 N–H and O–H groups in total. The van der Waals surface area contributed by atoms with Crippen LogP contribution in [0.25, 0.3) is 0 Å². The molecule has 0 saturated heterocycles. The van der Waals surface area contributed by atoms with Crippen LogP contribution in [0.2, 0.25) is 0 Å². The van der Waals surface area contributed by atoms with Crippen LogP contribution in [0.15, 0.2) is 48.5 Å². The number of carbonyl (C=O) groups excluding carboxylic acids is 3. The largest absolute Gasteiger partial charge is 0.462 e. The van der Waals surface area contributed by atoms with Crippen molar-refractivity contribution in [3.05, 3.63) is 54.1 Å². The second-order valence-electron chi connectivity index (χ2n) is 6.84. The maximum atomic E-state index is 12.1. The van der Waals surface area contributed by atoms with E-state index < -0.39 is 0 Å². The molecule has 0 aromatic heterocycles. The molecule has 0 aliphatic rings. The van der Waals surface area contributed by atoms with E-state index in [0.717, 1.165) is 12.1 Å². The molecule has 29 heavy (non-hydrogen) atoms. The number of hydrogen-bond acceptors (Lipinski definition) is 5. The van der Waals surface area contributed by atoms with Crippen molar-refractivity contribution in [3.63, 3.8) is 0 Å². The molecule has 0 spiro atoms. The van der Waals surface area contributed by atoms with Crippen LogP contribution in [-0.2, 0) is 14.3 Å². The molecule has 154 valence electrons. The summed E-state index contributed by atoms with van der Waals surface area (Å²) in [6.07, 6.45) is 0.774. The smallest absolute Gasteiger partial charge is 0.338 e. The molecule has 2 rings (SSSR count). The number of benzene rings is 2. The van der Waals surface area contributed by atoms with E-state index in [1.54, 1.807) is 48.5 Å². The zero-order valence-corrected chi connectivity index (χ0v) is 17.0. The lowest BCUT2D eigenvalue weighted by Crippen LogP contribution is -2.22. The van der Waals surface area contributed by atoms with Gasteiger partial charge in [-0.05, 0) is 55.0 Å². The Balaban J connectivity index is 1.80. The highest BCUT2D eigenvalue weighted by Crippen LogP contribution is 2.15. The van der Waals surface area contributed by atoms with E-state index in [1.807, 2.05) is 20.8 Å². The van der Waals surface area contributed by atoms with Crippen molar-refractivity contribution in [2.24, 2.45) is 5.92 Å². The Kier molecular flexibility index (Phi) is 8.21. The van der Waals surface area contributed by atoms with E-state index >= 15 is 0 Å².